The van der Waals surface area contributed by atoms with Gasteiger partial charge in [-0.1, -0.05) is 90.9 Å². The number of ether oxygens (including phenoxy) is 8. The van der Waals surface area contributed by atoms with Crippen molar-refractivity contribution in [2.24, 2.45) is 5.41 Å². The SMILES string of the molecule is CCCCCCCCC(CCCCCCCC)(CO[C@@H]1OC(CO)[C@@H](O[C@@H]2OC(CO)[C@@H](O)[C@H](O)C2O)[C@H](O)C1O)CO[C@H](OC(CO)[C@H](C)O[C@@H](OC(CO)[C@H](C)O)[C@@H](O)CO)[C@@H](O)CO. The van der Waals surface area contributed by atoms with Crippen LogP contribution in [-0.2, 0) is 37.9 Å². The van der Waals surface area contributed by atoms with Crippen LogP contribution in [-0.4, -0.2) is 235 Å². The largest absolute Gasteiger partial charge is 0.394 e. The molecule has 22 nitrogen and oxygen atoms in total. The number of hydrogen-bond acceptors (Lipinski definition) is 22. The Bertz CT molecular complexity index is 1210. The van der Waals surface area contributed by atoms with Crippen molar-refractivity contribution in [2.45, 2.75) is 228 Å². The summed E-state index contributed by atoms with van der Waals surface area (Å²) in [5.41, 5.74) is -0.889. The predicted molar refractivity (Wildman–Crippen MR) is 237 cm³/mol. The fraction of sp³-hybridized carbons (Fsp3) is 1.00. The average Bonchev–Trinajstić information content (AvgIpc) is 3.32. The monoisotopic (exact) mass is 981 g/mol. The molecule has 6 unspecified atom stereocenters. The van der Waals surface area contributed by atoms with Crippen molar-refractivity contribution in [3.63, 3.8) is 0 Å². The second-order valence-corrected chi connectivity index (χ2v) is 18.2. The highest BCUT2D eigenvalue weighted by atomic mass is 16.8. The summed E-state index contributed by atoms with van der Waals surface area (Å²) in [4.78, 5) is 0. The van der Waals surface area contributed by atoms with E-state index in [9.17, 15) is 71.5 Å². The Labute approximate surface area is 395 Å². The standard InChI is InChI=1S/C45H88O22/c1-5-7-9-11-13-15-17-45(18-16-14-12-10-8-6-2,25-60-41(29(53)19-46)64-32(22-49)28(4)62-42(30(54)20-47)63-31(21-48)27(3)52)26-61-43-39(59)37(57)40(34(24-51)66-43)67-44-38(58)36(56)35(55)33(23-50)65-44/h27-44,46-59H,5-26H2,1-4H3/t27-,28-,29-,30-,31?,32?,33?,34?,35+,36-,37+,38?,39?,40+,41+,42-,43+,44-/m0/s1. The smallest absolute Gasteiger partial charge is 0.187 e. The van der Waals surface area contributed by atoms with Crippen LogP contribution in [0.3, 0.4) is 0 Å². The van der Waals surface area contributed by atoms with E-state index in [4.69, 9.17) is 37.9 Å². The summed E-state index contributed by atoms with van der Waals surface area (Å²) in [6, 6.07) is 0. The lowest BCUT2D eigenvalue weighted by molar-refractivity contribution is -0.361. The van der Waals surface area contributed by atoms with Crippen LogP contribution in [0.4, 0.5) is 0 Å². The molecule has 0 aromatic carbocycles. The number of rotatable bonds is 38. The van der Waals surface area contributed by atoms with Gasteiger partial charge in [0.15, 0.2) is 25.2 Å². The summed E-state index contributed by atoms with van der Waals surface area (Å²) in [6.45, 7) is 2.17. The summed E-state index contributed by atoms with van der Waals surface area (Å²) in [5, 5.41) is 145. The van der Waals surface area contributed by atoms with E-state index in [1.807, 2.05) is 0 Å². The van der Waals surface area contributed by atoms with Gasteiger partial charge in [0, 0.05) is 5.41 Å². The van der Waals surface area contributed by atoms with Gasteiger partial charge in [-0.05, 0) is 26.7 Å². The van der Waals surface area contributed by atoms with Gasteiger partial charge in [-0.3, -0.25) is 0 Å². The highest BCUT2D eigenvalue weighted by Gasteiger charge is 2.51. The molecular weight excluding hydrogens is 892 g/mol. The molecule has 2 rings (SSSR count). The van der Waals surface area contributed by atoms with Crippen LogP contribution >= 0.6 is 0 Å². The van der Waals surface area contributed by atoms with Crippen molar-refractivity contribution in [1.29, 1.82) is 0 Å². The van der Waals surface area contributed by atoms with Crippen molar-refractivity contribution in [3.05, 3.63) is 0 Å². The van der Waals surface area contributed by atoms with Crippen molar-refractivity contribution in [3.8, 4) is 0 Å². The third-order valence-electron chi connectivity index (χ3n) is 12.6. The molecule has 0 aromatic heterocycles. The maximum absolute atomic E-state index is 11.4. The van der Waals surface area contributed by atoms with Crippen LogP contribution in [0.1, 0.15) is 118 Å². The normalized spacial score (nSPS) is 29.8. The minimum absolute atomic E-state index is 0.153. The quantitative estimate of drug-likeness (QED) is 0.0236. The molecule has 0 amide bonds. The molecule has 67 heavy (non-hydrogen) atoms. The fourth-order valence-corrected chi connectivity index (χ4v) is 8.11. The zero-order chi connectivity index (χ0) is 50.1. The van der Waals surface area contributed by atoms with Gasteiger partial charge >= 0.3 is 0 Å². The van der Waals surface area contributed by atoms with Crippen molar-refractivity contribution >= 4 is 0 Å². The summed E-state index contributed by atoms with van der Waals surface area (Å²) < 4.78 is 47.1. The minimum atomic E-state index is -1.84. The maximum Gasteiger partial charge on any atom is 0.187 e. The van der Waals surface area contributed by atoms with E-state index in [2.05, 4.69) is 13.8 Å². The second kappa shape index (κ2) is 33.7. The van der Waals surface area contributed by atoms with E-state index in [-0.39, 0.29) is 13.2 Å². The van der Waals surface area contributed by atoms with E-state index in [1.54, 1.807) is 0 Å². The Hall–Kier alpha value is -0.880. The Kier molecular flexibility index (Phi) is 31.3. The van der Waals surface area contributed by atoms with E-state index in [1.165, 1.54) is 13.8 Å². The van der Waals surface area contributed by atoms with Gasteiger partial charge in [0.2, 0.25) is 0 Å². The Balaban J connectivity index is 2.43. The third kappa shape index (κ3) is 20.3. The first-order chi connectivity index (χ1) is 32.0. The van der Waals surface area contributed by atoms with Gasteiger partial charge < -0.3 is 109 Å². The van der Waals surface area contributed by atoms with Gasteiger partial charge in [-0.15, -0.1) is 0 Å². The molecule has 0 aliphatic carbocycles. The Morgan fingerprint density at radius 3 is 1.51 bits per heavy atom. The summed E-state index contributed by atoms with van der Waals surface area (Å²) in [5.74, 6) is 0. The van der Waals surface area contributed by atoms with E-state index in [0.717, 1.165) is 64.2 Å². The Morgan fingerprint density at radius 1 is 0.507 bits per heavy atom. The Morgan fingerprint density at radius 2 is 1.00 bits per heavy atom. The van der Waals surface area contributed by atoms with Crippen LogP contribution in [0.25, 0.3) is 0 Å². The molecule has 400 valence electrons. The van der Waals surface area contributed by atoms with Gasteiger partial charge in [0.05, 0.1) is 65.1 Å². The highest BCUT2D eigenvalue weighted by Crippen LogP contribution is 2.37. The van der Waals surface area contributed by atoms with E-state index < -0.39 is 156 Å². The number of aliphatic hydroxyl groups is 14. The number of hydrogen-bond donors (Lipinski definition) is 14. The topological polar surface area (TPSA) is 357 Å². The third-order valence-corrected chi connectivity index (χ3v) is 12.6. The summed E-state index contributed by atoms with van der Waals surface area (Å²) >= 11 is 0. The summed E-state index contributed by atoms with van der Waals surface area (Å²) in [7, 11) is 0. The molecule has 2 saturated heterocycles. The summed E-state index contributed by atoms with van der Waals surface area (Å²) in [6.07, 6.45) is -15.4. The minimum Gasteiger partial charge on any atom is -0.394 e. The van der Waals surface area contributed by atoms with Crippen LogP contribution in [0.2, 0.25) is 0 Å². The van der Waals surface area contributed by atoms with Crippen LogP contribution in [0.15, 0.2) is 0 Å². The molecule has 0 radical (unpaired) electrons. The zero-order valence-corrected chi connectivity index (χ0v) is 40.0. The molecule has 0 spiro atoms. The van der Waals surface area contributed by atoms with Crippen molar-refractivity contribution in [2.75, 3.05) is 52.9 Å². The van der Waals surface area contributed by atoms with Gasteiger partial charge in [0.25, 0.3) is 0 Å². The first-order valence-electron chi connectivity index (χ1n) is 24.3. The first-order valence-corrected chi connectivity index (χ1v) is 24.3. The lowest BCUT2D eigenvalue weighted by Gasteiger charge is -2.46. The average molecular weight is 981 g/mol. The first kappa shape index (κ1) is 62.2. The molecule has 0 aromatic rings. The van der Waals surface area contributed by atoms with Gasteiger partial charge in [0.1, 0.15) is 73.2 Å². The molecule has 14 N–H and O–H groups in total. The molecular formula is C45H88O22. The molecule has 2 aliphatic rings. The fourth-order valence-electron chi connectivity index (χ4n) is 8.11. The maximum atomic E-state index is 11.4. The van der Waals surface area contributed by atoms with Crippen LogP contribution < -0.4 is 0 Å². The zero-order valence-electron chi connectivity index (χ0n) is 40.0. The highest BCUT2D eigenvalue weighted by molar-refractivity contribution is 4.94. The van der Waals surface area contributed by atoms with Crippen LogP contribution in [0, 0.1) is 5.41 Å². The van der Waals surface area contributed by atoms with E-state index in [0.29, 0.717) is 25.7 Å². The van der Waals surface area contributed by atoms with E-state index >= 15 is 0 Å². The molecule has 2 aliphatic heterocycles. The van der Waals surface area contributed by atoms with Gasteiger partial charge in [-0.2, -0.15) is 0 Å². The van der Waals surface area contributed by atoms with Crippen LogP contribution in [0.5, 0.6) is 0 Å². The number of unbranched alkanes of at least 4 members (excludes halogenated alkanes) is 10. The van der Waals surface area contributed by atoms with Crippen molar-refractivity contribution < 1.29 is 109 Å². The predicted octanol–water partition coefficient (Wildman–Crippen LogP) is -1.97. The lowest BCUT2D eigenvalue weighted by Crippen LogP contribution is -2.64. The number of aliphatic hydroxyl groups excluding tert-OH is 14. The van der Waals surface area contributed by atoms with Gasteiger partial charge in [-0.25, -0.2) is 0 Å². The molecule has 2 fully saturated rings. The molecule has 0 bridgehead atoms. The molecule has 2 heterocycles. The lowest BCUT2D eigenvalue weighted by atomic mass is 9.79. The molecule has 22 heteroatoms. The molecule has 0 saturated carbocycles. The molecule has 18 atom stereocenters. The second-order valence-electron chi connectivity index (χ2n) is 18.2. The van der Waals surface area contributed by atoms with Crippen molar-refractivity contribution in [1.82, 2.24) is 0 Å².